The fourth-order valence-corrected chi connectivity index (χ4v) is 7.22. The van der Waals surface area contributed by atoms with Gasteiger partial charge in [-0.25, -0.2) is 0 Å². The van der Waals surface area contributed by atoms with E-state index in [1.807, 2.05) is 0 Å². The zero-order valence-corrected chi connectivity index (χ0v) is 25.0. The van der Waals surface area contributed by atoms with Gasteiger partial charge in [0.15, 0.2) is 0 Å². The van der Waals surface area contributed by atoms with E-state index in [4.69, 9.17) is 12.8 Å². The van der Waals surface area contributed by atoms with Crippen molar-refractivity contribution in [3.8, 4) is 46.9 Å². The molecule has 46 heavy (non-hydrogen) atoms. The van der Waals surface area contributed by atoms with Crippen molar-refractivity contribution in [1.82, 2.24) is 0 Å². The fraction of sp³-hybridized carbons (Fsp3) is 0. The molecule has 0 unspecified atom stereocenters. The summed E-state index contributed by atoms with van der Waals surface area (Å²) in [4.78, 5) is 0. The third-order valence-corrected chi connectivity index (χ3v) is 9.43. The molecule has 0 bridgehead atoms. The van der Waals surface area contributed by atoms with Crippen LogP contribution in [0.25, 0.3) is 86.9 Å². The van der Waals surface area contributed by atoms with Crippen LogP contribution in [0.1, 0.15) is 11.1 Å². The molecule has 0 aliphatic carbocycles. The summed E-state index contributed by atoms with van der Waals surface area (Å²) in [5.41, 5.74) is 6.02. The van der Waals surface area contributed by atoms with E-state index in [1.54, 1.807) is 0 Å². The minimum atomic E-state index is 0.873. The van der Waals surface area contributed by atoms with Crippen LogP contribution in [-0.4, -0.2) is 0 Å². The largest absolute Gasteiger partial charge is 0.115 e. The van der Waals surface area contributed by atoms with Gasteiger partial charge in [0.1, 0.15) is 0 Å². The minimum Gasteiger partial charge on any atom is -0.115 e. The molecule has 0 radical (unpaired) electrons. The van der Waals surface area contributed by atoms with Gasteiger partial charge in [0, 0.05) is 22.3 Å². The van der Waals surface area contributed by atoms with Crippen molar-refractivity contribution in [3.05, 3.63) is 157 Å². The molecule has 0 amide bonds. The molecular formula is C46H26. The van der Waals surface area contributed by atoms with Gasteiger partial charge in [-0.2, -0.15) is 0 Å². The Balaban J connectivity index is 1.29. The van der Waals surface area contributed by atoms with Crippen LogP contribution < -0.4 is 0 Å². The van der Waals surface area contributed by atoms with Crippen LogP contribution in [0, 0.1) is 24.7 Å². The Kier molecular flexibility index (Phi) is 5.73. The Hall–Kier alpha value is -6.34. The van der Waals surface area contributed by atoms with Gasteiger partial charge >= 0.3 is 0 Å². The van der Waals surface area contributed by atoms with E-state index in [-0.39, 0.29) is 0 Å². The molecular weight excluding hydrogens is 553 g/mol. The lowest BCUT2D eigenvalue weighted by Gasteiger charge is -2.15. The predicted molar refractivity (Wildman–Crippen MR) is 198 cm³/mol. The van der Waals surface area contributed by atoms with Gasteiger partial charge in [-0.05, 0) is 142 Å². The molecule has 9 rings (SSSR count). The summed E-state index contributed by atoms with van der Waals surface area (Å²) in [5.74, 6) is 5.96. The summed E-state index contributed by atoms with van der Waals surface area (Å²) in [6.45, 7) is 0. The van der Waals surface area contributed by atoms with Gasteiger partial charge in [0.2, 0.25) is 0 Å². The van der Waals surface area contributed by atoms with Gasteiger partial charge in [-0.3, -0.25) is 0 Å². The van der Waals surface area contributed by atoms with Gasteiger partial charge in [-0.1, -0.05) is 90.7 Å². The Bertz CT molecular complexity index is 2620. The average molecular weight is 579 g/mol. The summed E-state index contributed by atoms with van der Waals surface area (Å²) in [6.07, 6.45) is 12.3. The lowest BCUT2D eigenvalue weighted by Crippen LogP contribution is -1.92. The number of benzene rings is 9. The fourth-order valence-electron chi connectivity index (χ4n) is 7.22. The summed E-state index contributed by atoms with van der Waals surface area (Å²) in [5, 5.41) is 14.4. The van der Waals surface area contributed by atoms with Crippen molar-refractivity contribution in [2.24, 2.45) is 0 Å². The van der Waals surface area contributed by atoms with E-state index >= 15 is 0 Å². The monoisotopic (exact) mass is 578 g/mol. The highest BCUT2D eigenvalue weighted by atomic mass is 14.2. The Morgan fingerprint density at radius 3 is 1.07 bits per heavy atom. The van der Waals surface area contributed by atoms with E-state index in [0.717, 1.165) is 54.9 Å². The molecule has 0 saturated heterocycles. The maximum Gasteiger partial charge on any atom is 0.0327 e. The quantitative estimate of drug-likeness (QED) is 0.141. The third-order valence-electron chi connectivity index (χ3n) is 9.43. The van der Waals surface area contributed by atoms with Crippen molar-refractivity contribution < 1.29 is 0 Å². The first-order valence-corrected chi connectivity index (χ1v) is 15.5. The molecule has 0 saturated carbocycles. The zero-order chi connectivity index (χ0) is 30.8. The maximum atomic E-state index is 6.15. The molecule has 0 heteroatoms. The molecule has 0 spiro atoms. The molecule has 0 aromatic heterocycles. The van der Waals surface area contributed by atoms with Crippen LogP contribution in [-0.2, 0) is 0 Å². The SMILES string of the molecule is C#Cc1ccc2cc3cc4ccccc4cc3cc2c1-c1cccc(-c2c(C#C)ccc3cc4cc5ccccc5cc4cc23)c1. The standard InChI is InChI=1S/C46H26/c1-3-29-16-18-35-24-39-20-31-10-5-7-12-33(31)22-41(39)27-43(35)45(29)37-14-9-15-38(26-37)46-30(4-2)17-19-36-25-40-21-32-11-6-8-13-34(32)23-42(40)28-44(36)46/h1-2,5-28H. The first kappa shape index (κ1) is 26.1. The van der Waals surface area contributed by atoms with E-state index in [2.05, 4.69) is 157 Å². The number of rotatable bonds is 2. The van der Waals surface area contributed by atoms with Crippen LogP contribution in [0.5, 0.6) is 0 Å². The molecule has 0 N–H and O–H groups in total. The van der Waals surface area contributed by atoms with Crippen LogP contribution in [0.15, 0.2) is 146 Å². The average Bonchev–Trinajstić information content (AvgIpc) is 3.10. The second-order valence-electron chi connectivity index (χ2n) is 12.1. The zero-order valence-electron chi connectivity index (χ0n) is 25.0. The highest BCUT2D eigenvalue weighted by Crippen LogP contribution is 2.40. The van der Waals surface area contributed by atoms with Crippen LogP contribution in [0.2, 0.25) is 0 Å². The van der Waals surface area contributed by atoms with Crippen molar-refractivity contribution in [2.75, 3.05) is 0 Å². The van der Waals surface area contributed by atoms with Crippen LogP contribution >= 0.6 is 0 Å². The summed E-state index contributed by atoms with van der Waals surface area (Å²) < 4.78 is 0. The Morgan fingerprint density at radius 2 is 0.674 bits per heavy atom. The lowest BCUT2D eigenvalue weighted by molar-refractivity contribution is 1.60. The lowest BCUT2D eigenvalue weighted by atomic mass is 9.87. The van der Waals surface area contributed by atoms with E-state index < -0.39 is 0 Å². The smallest absolute Gasteiger partial charge is 0.0327 e. The number of fused-ring (bicyclic) bond motifs is 6. The Morgan fingerprint density at radius 1 is 0.304 bits per heavy atom. The van der Waals surface area contributed by atoms with E-state index in [1.165, 1.54) is 43.1 Å². The minimum absolute atomic E-state index is 0.873. The van der Waals surface area contributed by atoms with Crippen molar-refractivity contribution in [1.29, 1.82) is 0 Å². The highest BCUT2D eigenvalue weighted by molar-refractivity contribution is 6.12. The second-order valence-corrected chi connectivity index (χ2v) is 12.1. The maximum absolute atomic E-state index is 6.15. The molecule has 9 aromatic rings. The Labute approximate surface area is 267 Å². The number of terminal acetylenes is 2. The van der Waals surface area contributed by atoms with Gasteiger partial charge < -0.3 is 0 Å². The normalized spacial score (nSPS) is 11.4. The van der Waals surface area contributed by atoms with Crippen molar-refractivity contribution >= 4 is 64.6 Å². The molecule has 0 heterocycles. The highest BCUT2D eigenvalue weighted by Gasteiger charge is 2.15. The molecule has 0 aliphatic rings. The van der Waals surface area contributed by atoms with Gasteiger partial charge in [0.05, 0.1) is 0 Å². The summed E-state index contributed by atoms with van der Waals surface area (Å²) in [7, 11) is 0. The summed E-state index contributed by atoms with van der Waals surface area (Å²) >= 11 is 0. The van der Waals surface area contributed by atoms with E-state index in [0.29, 0.717) is 0 Å². The van der Waals surface area contributed by atoms with Crippen molar-refractivity contribution in [3.63, 3.8) is 0 Å². The van der Waals surface area contributed by atoms with E-state index in [9.17, 15) is 0 Å². The third kappa shape index (κ3) is 4.06. The van der Waals surface area contributed by atoms with Gasteiger partial charge in [0.25, 0.3) is 0 Å². The number of hydrogen-bond donors (Lipinski definition) is 0. The van der Waals surface area contributed by atoms with Gasteiger partial charge in [-0.15, -0.1) is 12.8 Å². The van der Waals surface area contributed by atoms with Crippen LogP contribution in [0.3, 0.4) is 0 Å². The molecule has 0 atom stereocenters. The molecule has 210 valence electrons. The number of hydrogen-bond acceptors (Lipinski definition) is 0. The predicted octanol–water partition coefficient (Wildman–Crippen LogP) is 11.9. The molecule has 0 fully saturated rings. The van der Waals surface area contributed by atoms with Crippen molar-refractivity contribution in [2.45, 2.75) is 0 Å². The molecule has 0 nitrogen and oxygen atoms in total. The molecule has 9 aromatic carbocycles. The first-order chi connectivity index (χ1) is 22.7. The van der Waals surface area contributed by atoms with Crippen LogP contribution in [0.4, 0.5) is 0 Å². The second kappa shape index (κ2) is 10.1. The molecule has 0 aliphatic heterocycles. The first-order valence-electron chi connectivity index (χ1n) is 15.5. The summed E-state index contributed by atoms with van der Waals surface area (Å²) in [6, 6.07) is 52.4. The topological polar surface area (TPSA) is 0 Å².